The van der Waals surface area contributed by atoms with E-state index in [1.54, 1.807) is 18.2 Å². The van der Waals surface area contributed by atoms with Gasteiger partial charge in [0.25, 0.3) is 5.91 Å². The van der Waals surface area contributed by atoms with Gasteiger partial charge in [0.05, 0.1) is 0 Å². The minimum absolute atomic E-state index is 0.0285. The summed E-state index contributed by atoms with van der Waals surface area (Å²) in [5.41, 5.74) is 5.26. The second kappa shape index (κ2) is 5.92. The van der Waals surface area contributed by atoms with Crippen LogP contribution in [0.5, 0.6) is 0 Å². The maximum atomic E-state index is 13.7. The predicted octanol–water partition coefficient (Wildman–Crippen LogP) is 3.80. The highest BCUT2D eigenvalue weighted by molar-refractivity contribution is 9.10. The van der Waals surface area contributed by atoms with Gasteiger partial charge in [-0.05, 0) is 36.4 Å². The Kier molecular flexibility index (Phi) is 3.96. The lowest BCUT2D eigenvalue weighted by molar-refractivity contribution is 0.0996. The lowest BCUT2D eigenvalue weighted by atomic mass is 10.2. The van der Waals surface area contributed by atoms with Gasteiger partial charge in [-0.25, -0.2) is 13.8 Å². The Bertz CT molecular complexity index is 999. The first kappa shape index (κ1) is 15.4. The molecule has 2 N–H and O–H groups in total. The second-order valence-electron chi connectivity index (χ2n) is 4.72. The van der Waals surface area contributed by atoms with E-state index in [2.05, 4.69) is 20.9 Å². The molecule has 0 fully saturated rings. The molecule has 1 heterocycles. The Labute approximate surface area is 137 Å². The van der Waals surface area contributed by atoms with Crippen LogP contribution in [-0.4, -0.2) is 5.91 Å². The van der Waals surface area contributed by atoms with Crippen molar-refractivity contribution in [2.75, 3.05) is 0 Å². The minimum atomic E-state index is -0.786. The molecule has 0 aliphatic carbocycles. The molecule has 3 rings (SSSR count). The lowest BCUT2D eigenvalue weighted by Crippen LogP contribution is -2.21. The summed E-state index contributed by atoms with van der Waals surface area (Å²) in [4.78, 5) is 15.5. The van der Waals surface area contributed by atoms with Gasteiger partial charge in [0.1, 0.15) is 28.5 Å². The smallest absolute Gasteiger partial charge is 0.254 e. The van der Waals surface area contributed by atoms with E-state index in [-0.39, 0.29) is 16.8 Å². The molecule has 1 amide bonds. The van der Waals surface area contributed by atoms with E-state index in [0.29, 0.717) is 11.0 Å². The first-order chi connectivity index (χ1) is 10.9. The van der Waals surface area contributed by atoms with Gasteiger partial charge in [0.15, 0.2) is 0 Å². The molecule has 0 bridgehead atoms. The zero-order chi connectivity index (χ0) is 16.6. The molecular weight excluding hydrogens is 370 g/mol. The van der Waals surface area contributed by atoms with Crippen molar-refractivity contribution in [2.24, 2.45) is 10.7 Å². The third-order valence-corrected chi connectivity index (χ3v) is 3.60. The molecule has 0 saturated carbocycles. The average molecular weight is 379 g/mol. The molecule has 3 aromatic rings. The number of carbonyl (C=O) groups excluding carboxylic acids is 1. The Morgan fingerprint density at radius 3 is 2.65 bits per heavy atom. The number of amides is 1. The topological polar surface area (TPSA) is 68.6 Å². The number of carbonyl (C=O) groups is 1. The van der Waals surface area contributed by atoms with Crippen molar-refractivity contribution in [1.82, 2.24) is 0 Å². The van der Waals surface area contributed by atoms with Gasteiger partial charge in [-0.1, -0.05) is 15.9 Å². The van der Waals surface area contributed by atoms with Gasteiger partial charge in [-0.15, -0.1) is 0 Å². The molecule has 0 saturated heterocycles. The quantitative estimate of drug-likeness (QED) is 0.736. The van der Waals surface area contributed by atoms with E-state index >= 15 is 0 Å². The summed E-state index contributed by atoms with van der Waals surface area (Å²) in [7, 11) is 0. The summed E-state index contributed by atoms with van der Waals surface area (Å²) < 4.78 is 33.3. The molecule has 0 aliphatic rings. The molecule has 0 radical (unpaired) electrons. The van der Waals surface area contributed by atoms with Crippen LogP contribution in [0.25, 0.3) is 11.0 Å². The molecule has 0 spiro atoms. The first-order valence-electron chi connectivity index (χ1n) is 6.47. The Morgan fingerprint density at radius 1 is 1.13 bits per heavy atom. The van der Waals surface area contributed by atoms with Crippen LogP contribution in [0, 0.1) is 11.6 Å². The number of nitrogens with zero attached hydrogens (tertiary/aromatic N) is 1. The minimum Gasteiger partial charge on any atom is -0.438 e. The van der Waals surface area contributed by atoms with Crippen molar-refractivity contribution in [3.05, 3.63) is 69.7 Å². The van der Waals surface area contributed by atoms with Crippen LogP contribution in [0.4, 0.5) is 14.5 Å². The van der Waals surface area contributed by atoms with Crippen molar-refractivity contribution in [3.8, 4) is 0 Å². The van der Waals surface area contributed by atoms with Crippen molar-refractivity contribution in [2.45, 2.75) is 0 Å². The van der Waals surface area contributed by atoms with Crippen molar-refractivity contribution in [3.63, 3.8) is 0 Å². The third kappa shape index (κ3) is 3.14. The van der Waals surface area contributed by atoms with Crippen LogP contribution < -0.4 is 11.3 Å². The summed E-state index contributed by atoms with van der Waals surface area (Å²) in [5.74, 6) is -2.19. The van der Waals surface area contributed by atoms with Crippen LogP contribution in [0.3, 0.4) is 0 Å². The summed E-state index contributed by atoms with van der Waals surface area (Å²) in [5, 5.41) is 0.617. The highest BCUT2D eigenvalue weighted by Gasteiger charge is 2.11. The zero-order valence-corrected chi connectivity index (χ0v) is 13.1. The monoisotopic (exact) mass is 378 g/mol. The number of primary amides is 1. The molecule has 4 nitrogen and oxygen atoms in total. The van der Waals surface area contributed by atoms with Gasteiger partial charge < -0.3 is 10.2 Å². The fourth-order valence-corrected chi connectivity index (χ4v) is 2.42. The first-order valence-corrected chi connectivity index (χ1v) is 7.26. The summed E-state index contributed by atoms with van der Waals surface area (Å²) in [6, 6.07) is 9.43. The van der Waals surface area contributed by atoms with E-state index in [9.17, 15) is 13.6 Å². The average Bonchev–Trinajstić information content (AvgIpc) is 2.50. The highest BCUT2D eigenvalue weighted by Crippen LogP contribution is 2.21. The highest BCUT2D eigenvalue weighted by atomic mass is 79.9. The van der Waals surface area contributed by atoms with Gasteiger partial charge in [-0.2, -0.15) is 0 Å². The van der Waals surface area contributed by atoms with Crippen molar-refractivity contribution >= 4 is 38.5 Å². The molecule has 0 atom stereocenters. The molecule has 23 heavy (non-hydrogen) atoms. The SMILES string of the molecule is NC(=O)c1cc2cc(Br)ccc2oc1=Nc1cc(F)ccc1F. The van der Waals surface area contributed by atoms with Gasteiger partial charge in [0.2, 0.25) is 5.55 Å². The van der Waals surface area contributed by atoms with Crippen LogP contribution in [0.1, 0.15) is 10.4 Å². The number of nitrogens with two attached hydrogens (primary N) is 1. The predicted molar refractivity (Wildman–Crippen MR) is 84.0 cm³/mol. The summed E-state index contributed by atoms with van der Waals surface area (Å²) in [6.45, 7) is 0. The number of halogens is 3. The zero-order valence-electron chi connectivity index (χ0n) is 11.5. The van der Waals surface area contributed by atoms with Crippen molar-refractivity contribution < 1.29 is 18.0 Å². The largest absolute Gasteiger partial charge is 0.438 e. The van der Waals surface area contributed by atoms with E-state index in [1.165, 1.54) is 6.07 Å². The number of hydrogen-bond acceptors (Lipinski definition) is 3. The molecule has 7 heteroatoms. The van der Waals surface area contributed by atoms with Crippen LogP contribution >= 0.6 is 15.9 Å². The maximum absolute atomic E-state index is 13.7. The number of hydrogen-bond donors (Lipinski definition) is 1. The molecule has 0 unspecified atom stereocenters. The molecular formula is C16H9BrF2N2O2. The number of fused-ring (bicyclic) bond motifs is 1. The lowest BCUT2D eigenvalue weighted by Gasteiger charge is -2.03. The van der Waals surface area contributed by atoms with Gasteiger partial charge >= 0.3 is 0 Å². The summed E-state index contributed by atoms with van der Waals surface area (Å²) in [6.07, 6.45) is 0. The number of rotatable bonds is 2. The second-order valence-corrected chi connectivity index (χ2v) is 5.63. The van der Waals surface area contributed by atoms with E-state index in [0.717, 1.165) is 22.7 Å². The Balaban J connectivity index is 2.32. The molecule has 1 aromatic heterocycles. The standard InChI is InChI=1S/C16H9BrF2N2O2/c17-9-1-4-14-8(5-9)6-11(15(20)22)16(23-14)21-13-7-10(18)2-3-12(13)19/h1-7H,(H2,20,22). The Hall–Kier alpha value is -2.54. The third-order valence-electron chi connectivity index (χ3n) is 3.10. The van der Waals surface area contributed by atoms with E-state index in [4.69, 9.17) is 10.2 Å². The Morgan fingerprint density at radius 2 is 1.91 bits per heavy atom. The van der Waals surface area contributed by atoms with Gasteiger partial charge in [0, 0.05) is 15.9 Å². The van der Waals surface area contributed by atoms with Gasteiger partial charge in [-0.3, -0.25) is 4.79 Å². The fraction of sp³-hybridized carbons (Fsp3) is 0. The number of benzene rings is 2. The molecule has 2 aromatic carbocycles. The van der Waals surface area contributed by atoms with E-state index in [1.807, 2.05) is 0 Å². The molecule has 116 valence electrons. The van der Waals surface area contributed by atoms with Crippen LogP contribution in [0.2, 0.25) is 0 Å². The molecule has 0 aliphatic heterocycles. The normalized spacial score (nSPS) is 11.9. The van der Waals surface area contributed by atoms with Crippen molar-refractivity contribution in [1.29, 1.82) is 0 Å². The van der Waals surface area contributed by atoms with Crippen LogP contribution in [-0.2, 0) is 0 Å². The van der Waals surface area contributed by atoms with E-state index < -0.39 is 17.5 Å². The fourth-order valence-electron chi connectivity index (χ4n) is 2.04. The summed E-state index contributed by atoms with van der Waals surface area (Å²) >= 11 is 3.31. The van der Waals surface area contributed by atoms with Crippen LogP contribution in [0.15, 0.2) is 56.3 Å². The maximum Gasteiger partial charge on any atom is 0.254 e.